The second kappa shape index (κ2) is 23.9. The fraction of sp³-hybridized carbons (Fsp3) is 0.794. The van der Waals surface area contributed by atoms with E-state index in [1.807, 2.05) is 6.08 Å². The van der Waals surface area contributed by atoms with E-state index in [-0.39, 0.29) is 5.78 Å². The minimum atomic E-state index is 0.232. The second-order valence-corrected chi connectivity index (χ2v) is 17.4. The number of ketones is 3. The predicted molar refractivity (Wildman–Crippen MR) is 182 cm³/mol. The summed E-state index contributed by atoms with van der Waals surface area (Å²) in [6, 6.07) is 0. The van der Waals surface area contributed by atoms with Crippen molar-refractivity contribution in [3.8, 4) is 0 Å². The van der Waals surface area contributed by atoms with E-state index < -0.39 is 0 Å². The molecule has 39 heavy (non-hydrogen) atoms. The molecule has 0 heterocycles. The molecule has 5 heteroatoms. The summed E-state index contributed by atoms with van der Waals surface area (Å²) >= 11 is 0. The van der Waals surface area contributed by atoms with E-state index >= 15 is 0 Å². The maximum absolute atomic E-state index is 10.5. The molecule has 0 fully saturated rings. The Balaban J connectivity index is -0.000000210. The first-order valence-electron chi connectivity index (χ1n) is 14.3. The Morgan fingerprint density at radius 2 is 0.897 bits per heavy atom. The normalized spacial score (nSPS) is 12.1. The highest BCUT2D eigenvalue weighted by molar-refractivity contribution is 8.77. The molecule has 232 valence electrons. The van der Waals surface area contributed by atoms with Crippen molar-refractivity contribution in [3.05, 3.63) is 23.6 Å². The topological polar surface area (TPSA) is 51.2 Å². The van der Waals surface area contributed by atoms with Crippen molar-refractivity contribution in [2.75, 3.05) is 6.26 Å². The summed E-state index contributed by atoms with van der Waals surface area (Å²) in [5, 5.41) is 2.16. The third-order valence-corrected chi connectivity index (χ3v) is 6.14. The lowest BCUT2D eigenvalue weighted by atomic mass is 9.90. The van der Waals surface area contributed by atoms with Crippen molar-refractivity contribution < 1.29 is 14.4 Å². The number of hydrogen-bond acceptors (Lipinski definition) is 5. The fourth-order valence-electron chi connectivity index (χ4n) is 2.28. The van der Waals surface area contributed by atoms with Gasteiger partial charge in [-0.15, -0.1) is 0 Å². The Hall–Kier alpha value is -0.810. The molecule has 3 nitrogen and oxygen atoms in total. The maximum atomic E-state index is 10.5. The average molecular weight is 587 g/mol. The third-order valence-electron chi connectivity index (χ3n) is 4.73. The molecule has 0 saturated heterocycles. The number of carbonyl (C=O) groups is 3. The monoisotopic (exact) mass is 586 g/mol. The third kappa shape index (κ3) is 67.1. The minimum Gasteiger partial charge on any atom is -0.300 e. The van der Waals surface area contributed by atoms with E-state index in [1.165, 1.54) is 6.42 Å². The molecule has 0 N–H and O–H groups in total. The molecule has 0 aromatic heterocycles. The molecular formula is C34H66O3S2. The summed E-state index contributed by atoms with van der Waals surface area (Å²) in [4.78, 5) is 31.5. The summed E-state index contributed by atoms with van der Waals surface area (Å²) in [5.41, 5.74) is 1.40. The van der Waals surface area contributed by atoms with Crippen molar-refractivity contribution in [2.24, 2.45) is 21.7 Å². The lowest BCUT2D eigenvalue weighted by Crippen LogP contribution is -2.06. The molecule has 0 bridgehead atoms. The highest BCUT2D eigenvalue weighted by atomic mass is 33.1. The van der Waals surface area contributed by atoms with Gasteiger partial charge in [-0.05, 0) is 79.8 Å². The Bertz CT molecular complexity index is 664. The maximum Gasteiger partial charge on any atom is 0.133 e. The van der Waals surface area contributed by atoms with Crippen molar-refractivity contribution in [3.63, 3.8) is 0 Å². The Labute approximate surface area is 253 Å². The Kier molecular flexibility index (Phi) is 27.6. The van der Waals surface area contributed by atoms with Crippen LogP contribution in [0.4, 0.5) is 0 Å². The highest BCUT2D eigenvalue weighted by Gasteiger charge is 2.11. The summed E-state index contributed by atoms with van der Waals surface area (Å²) in [6.45, 7) is 31.1. The van der Waals surface area contributed by atoms with Gasteiger partial charge in [0.05, 0.1) is 0 Å². The largest absolute Gasteiger partial charge is 0.300 e. The van der Waals surface area contributed by atoms with E-state index in [1.54, 1.807) is 42.4 Å². The minimum absolute atomic E-state index is 0.232. The van der Waals surface area contributed by atoms with Crippen LogP contribution in [0.5, 0.6) is 0 Å². The van der Waals surface area contributed by atoms with Gasteiger partial charge in [-0.3, -0.25) is 4.79 Å². The molecule has 0 aromatic carbocycles. The molecule has 0 spiro atoms. The first-order valence-corrected chi connectivity index (χ1v) is 16.9. The molecule has 0 aliphatic heterocycles. The van der Waals surface area contributed by atoms with Crippen LogP contribution in [0.15, 0.2) is 23.6 Å². The van der Waals surface area contributed by atoms with Gasteiger partial charge in [-0.25, -0.2) is 0 Å². The van der Waals surface area contributed by atoms with Crippen LogP contribution in [0, 0.1) is 21.7 Å². The lowest BCUT2D eigenvalue weighted by Gasteiger charge is -2.15. The molecule has 0 radical (unpaired) electrons. The lowest BCUT2D eigenvalue weighted by molar-refractivity contribution is -0.118. The number of allylic oxidation sites excluding steroid dienone is 3. The quantitative estimate of drug-likeness (QED) is 0.188. The molecule has 0 unspecified atom stereocenters. The van der Waals surface area contributed by atoms with Crippen LogP contribution in [-0.4, -0.2) is 23.6 Å². The zero-order chi connectivity index (χ0) is 31.9. The standard InChI is InChI=1S/C10H18O.2C8H16O.C8H16S2/c1-9(11)7-5-6-8-10(2,3)4;2*1-7(9)5-6-8(2,3)4;1-8(2,3)6-5-7-10-9-4/h5-6H,7-8H2,1-4H3;2*5-6H2,1-4H3;5,7H,6H2,1-4H3. The van der Waals surface area contributed by atoms with Crippen LogP contribution in [0.25, 0.3) is 0 Å². The number of carbonyl (C=O) groups excluding carboxylic acids is 3. The van der Waals surface area contributed by atoms with Gasteiger partial charge in [0.25, 0.3) is 0 Å². The number of Topliss-reactive ketones (excluding diaryl/α,β-unsaturated/α-hetero) is 3. The van der Waals surface area contributed by atoms with Gasteiger partial charge in [-0.1, -0.05) is 123 Å². The van der Waals surface area contributed by atoms with Crippen LogP contribution in [0.2, 0.25) is 0 Å². The Morgan fingerprint density at radius 1 is 0.538 bits per heavy atom. The van der Waals surface area contributed by atoms with Crippen LogP contribution < -0.4 is 0 Å². The molecule has 0 aliphatic rings. The fourth-order valence-corrected chi connectivity index (χ4v) is 3.14. The zero-order valence-corrected chi connectivity index (χ0v) is 30.4. The molecule has 0 aromatic rings. The van der Waals surface area contributed by atoms with Gasteiger partial charge in [-0.2, -0.15) is 0 Å². The molecule has 0 amide bonds. The van der Waals surface area contributed by atoms with Gasteiger partial charge < -0.3 is 9.59 Å². The van der Waals surface area contributed by atoms with E-state index in [2.05, 4.69) is 107 Å². The van der Waals surface area contributed by atoms with E-state index in [0.29, 0.717) is 39.6 Å². The Morgan fingerprint density at radius 3 is 1.13 bits per heavy atom. The molecule has 0 rings (SSSR count). The summed E-state index contributed by atoms with van der Waals surface area (Å²) in [5.74, 6) is 0.824. The highest BCUT2D eigenvalue weighted by Crippen LogP contribution is 2.23. The predicted octanol–water partition coefficient (Wildman–Crippen LogP) is 11.7. The van der Waals surface area contributed by atoms with Crippen LogP contribution in [0.3, 0.4) is 0 Å². The molecule has 0 saturated carbocycles. The summed E-state index contributed by atoms with van der Waals surface area (Å²) in [6.07, 6.45) is 14.6. The number of rotatable bonds is 10. The first-order chi connectivity index (χ1) is 17.3. The van der Waals surface area contributed by atoms with Crippen LogP contribution in [-0.2, 0) is 14.4 Å². The second-order valence-electron chi connectivity index (χ2n) is 15.1. The summed E-state index contributed by atoms with van der Waals surface area (Å²) < 4.78 is 0. The van der Waals surface area contributed by atoms with Crippen molar-refractivity contribution >= 4 is 38.9 Å². The van der Waals surface area contributed by atoms with E-state index in [4.69, 9.17) is 0 Å². The van der Waals surface area contributed by atoms with E-state index in [9.17, 15) is 14.4 Å². The molecule has 0 atom stereocenters. The van der Waals surface area contributed by atoms with Crippen molar-refractivity contribution in [2.45, 2.75) is 149 Å². The van der Waals surface area contributed by atoms with Gasteiger partial charge in [0.1, 0.15) is 17.3 Å². The van der Waals surface area contributed by atoms with Gasteiger partial charge >= 0.3 is 0 Å². The smallest absolute Gasteiger partial charge is 0.133 e. The van der Waals surface area contributed by atoms with Gasteiger partial charge in [0.15, 0.2) is 0 Å². The first kappa shape index (κ1) is 45.2. The van der Waals surface area contributed by atoms with E-state index in [0.717, 1.165) is 32.1 Å². The van der Waals surface area contributed by atoms with Gasteiger partial charge in [0.2, 0.25) is 0 Å². The van der Waals surface area contributed by atoms with Crippen molar-refractivity contribution in [1.82, 2.24) is 0 Å². The zero-order valence-electron chi connectivity index (χ0n) is 28.8. The van der Waals surface area contributed by atoms with Gasteiger partial charge in [0, 0.05) is 19.3 Å². The molecular weight excluding hydrogens is 521 g/mol. The SMILES string of the molecule is CC(=O)CC=CCC(C)(C)C.CC(=O)CCC(C)(C)C.CC(=O)CCC(C)(C)C.CSSC=CCC(C)(C)C. The summed E-state index contributed by atoms with van der Waals surface area (Å²) in [7, 11) is 3.57. The van der Waals surface area contributed by atoms with Crippen LogP contribution in [0.1, 0.15) is 149 Å². The number of hydrogen-bond donors (Lipinski definition) is 0. The van der Waals surface area contributed by atoms with Crippen molar-refractivity contribution in [1.29, 1.82) is 0 Å². The van der Waals surface area contributed by atoms with Crippen LogP contribution >= 0.6 is 21.6 Å². The average Bonchev–Trinajstić information content (AvgIpc) is 2.70. The molecule has 0 aliphatic carbocycles.